The summed E-state index contributed by atoms with van der Waals surface area (Å²) in [6.45, 7) is 1.29. The van der Waals surface area contributed by atoms with Crippen molar-refractivity contribution >= 4 is 11.9 Å². The van der Waals surface area contributed by atoms with Gasteiger partial charge in [0.05, 0.1) is 0 Å². The van der Waals surface area contributed by atoms with Crippen LogP contribution in [-0.2, 0) is 6.18 Å². The molecule has 1 unspecified atom stereocenters. The van der Waals surface area contributed by atoms with Gasteiger partial charge in [0.2, 0.25) is 11.9 Å². The fraction of sp³-hybridized carbons (Fsp3) is 0.455. The van der Waals surface area contributed by atoms with Gasteiger partial charge in [0.25, 0.3) is 5.95 Å². The number of nitrogens with two attached hydrogens (primary N) is 1. The van der Waals surface area contributed by atoms with Crippen LogP contribution in [0.25, 0.3) is 5.95 Å². The normalized spacial score (nSPS) is 13.8. The molecule has 132 valence electrons. The van der Waals surface area contributed by atoms with E-state index < -0.39 is 41.9 Å². The van der Waals surface area contributed by atoms with Crippen LogP contribution in [0.3, 0.4) is 0 Å². The first kappa shape index (κ1) is 17.7. The van der Waals surface area contributed by atoms with Crippen molar-refractivity contribution in [2.24, 2.45) is 0 Å². The number of anilines is 2. The van der Waals surface area contributed by atoms with Crippen LogP contribution in [0.2, 0.25) is 0 Å². The topological polar surface area (TPSA) is 94.5 Å². The molecule has 3 N–H and O–H groups in total. The third-order valence-corrected chi connectivity index (χ3v) is 2.83. The van der Waals surface area contributed by atoms with Gasteiger partial charge in [-0.2, -0.15) is 46.4 Å². The molecular formula is C11H11F6N7. The Morgan fingerprint density at radius 2 is 1.83 bits per heavy atom. The van der Waals surface area contributed by atoms with Crippen molar-refractivity contribution in [1.82, 2.24) is 24.7 Å². The van der Waals surface area contributed by atoms with Gasteiger partial charge in [-0.3, -0.25) is 0 Å². The molecule has 0 aromatic carbocycles. The van der Waals surface area contributed by atoms with E-state index in [1.807, 2.05) is 5.32 Å². The first-order valence-corrected chi connectivity index (χ1v) is 6.48. The molecule has 0 aliphatic carbocycles. The van der Waals surface area contributed by atoms with Crippen molar-refractivity contribution in [3.8, 4) is 5.95 Å². The van der Waals surface area contributed by atoms with Gasteiger partial charge in [0.15, 0.2) is 5.69 Å². The highest BCUT2D eigenvalue weighted by Crippen LogP contribution is 2.28. The molecular weight excluding hydrogens is 344 g/mol. The number of halogens is 6. The SMILES string of the molecule is CCC(Nc1nc(N)nc(-n2ccc(C(F)(F)F)n2)n1)C(F)(F)F. The van der Waals surface area contributed by atoms with Gasteiger partial charge < -0.3 is 11.1 Å². The van der Waals surface area contributed by atoms with Crippen molar-refractivity contribution < 1.29 is 26.3 Å². The predicted molar refractivity (Wildman–Crippen MR) is 70.1 cm³/mol. The van der Waals surface area contributed by atoms with Crippen LogP contribution in [0, 0.1) is 0 Å². The van der Waals surface area contributed by atoms with E-state index in [1.165, 1.54) is 6.92 Å². The molecule has 2 rings (SSSR count). The van der Waals surface area contributed by atoms with E-state index in [1.54, 1.807) is 0 Å². The molecule has 0 aliphatic heterocycles. The molecule has 24 heavy (non-hydrogen) atoms. The maximum absolute atomic E-state index is 12.8. The number of nitrogen functional groups attached to an aromatic ring is 1. The second-order valence-corrected chi connectivity index (χ2v) is 4.61. The minimum absolute atomic E-state index is 0.315. The molecule has 0 saturated carbocycles. The quantitative estimate of drug-likeness (QED) is 0.818. The number of aromatic nitrogens is 5. The molecule has 2 aromatic rings. The molecule has 0 fully saturated rings. The smallest absolute Gasteiger partial charge is 0.368 e. The maximum atomic E-state index is 12.8. The summed E-state index contributed by atoms with van der Waals surface area (Å²) < 4.78 is 76.5. The molecule has 0 spiro atoms. The second kappa shape index (κ2) is 6.13. The van der Waals surface area contributed by atoms with Crippen LogP contribution in [0.5, 0.6) is 0 Å². The van der Waals surface area contributed by atoms with E-state index in [-0.39, 0.29) is 6.42 Å². The molecule has 7 nitrogen and oxygen atoms in total. The standard InChI is InChI=1S/C11H11F6N7/c1-2-5(10(12,13)14)19-8-20-7(18)21-9(22-8)24-4-3-6(23-24)11(15,16)17/h3-5H,2H2,1H3,(H3,18,19,20,21,22). The first-order chi connectivity index (χ1) is 11.0. The Hall–Kier alpha value is -2.60. The van der Waals surface area contributed by atoms with Crippen LogP contribution >= 0.6 is 0 Å². The zero-order valence-corrected chi connectivity index (χ0v) is 12.0. The summed E-state index contributed by atoms with van der Waals surface area (Å²) in [4.78, 5) is 10.7. The largest absolute Gasteiger partial charge is 0.435 e. The second-order valence-electron chi connectivity index (χ2n) is 4.61. The third-order valence-electron chi connectivity index (χ3n) is 2.83. The Bertz CT molecular complexity index is 708. The van der Waals surface area contributed by atoms with E-state index in [0.29, 0.717) is 10.7 Å². The Kier molecular flexibility index (Phi) is 4.53. The summed E-state index contributed by atoms with van der Waals surface area (Å²) in [6.07, 6.45) is -8.66. The summed E-state index contributed by atoms with van der Waals surface area (Å²) in [5.41, 5.74) is 4.16. The highest BCUT2D eigenvalue weighted by molar-refractivity contribution is 5.36. The number of nitrogens with zero attached hydrogens (tertiary/aromatic N) is 5. The monoisotopic (exact) mass is 355 g/mol. The molecule has 0 saturated heterocycles. The summed E-state index contributed by atoms with van der Waals surface area (Å²) in [5, 5.41) is 5.24. The highest BCUT2D eigenvalue weighted by atomic mass is 19.4. The van der Waals surface area contributed by atoms with Gasteiger partial charge in [0.1, 0.15) is 6.04 Å². The van der Waals surface area contributed by atoms with Crippen molar-refractivity contribution in [3.63, 3.8) is 0 Å². The Labute approximate surface area is 130 Å². The fourth-order valence-electron chi connectivity index (χ4n) is 1.71. The van der Waals surface area contributed by atoms with Crippen LogP contribution in [0.15, 0.2) is 12.3 Å². The number of hydrogen-bond donors (Lipinski definition) is 2. The van der Waals surface area contributed by atoms with Crippen molar-refractivity contribution in [2.75, 3.05) is 11.1 Å². The highest BCUT2D eigenvalue weighted by Gasteiger charge is 2.39. The van der Waals surface area contributed by atoms with E-state index >= 15 is 0 Å². The minimum Gasteiger partial charge on any atom is -0.368 e. The van der Waals surface area contributed by atoms with Crippen molar-refractivity contribution in [1.29, 1.82) is 0 Å². The van der Waals surface area contributed by atoms with Gasteiger partial charge in [0, 0.05) is 6.20 Å². The molecule has 2 heterocycles. The van der Waals surface area contributed by atoms with Gasteiger partial charge in [-0.15, -0.1) is 0 Å². The lowest BCUT2D eigenvalue weighted by Gasteiger charge is -2.20. The van der Waals surface area contributed by atoms with Gasteiger partial charge >= 0.3 is 12.4 Å². The molecule has 0 bridgehead atoms. The van der Waals surface area contributed by atoms with Gasteiger partial charge in [-0.1, -0.05) is 6.92 Å². The van der Waals surface area contributed by atoms with Crippen LogP contribution in [-0.4, -0.2) is 37.0 Å². The summed E-state index contributed by atoms with van der Waals surface area (Å²) in [5.74, 6) is -1.44. The summed E-state index contributed by atoms with van der Waals surface area (Å²) in [6, 6.07) is -1.28. The fourth-order valence-corrected chi connectivity index (χ4v) is 1.71. The maximum Gasteiger partial charge on any atom is 0.435 e. The van der Waals surface area contributed by atoms with E-state index in [9.17, 15) is 26.3 Å². The zero-order chi connectivity index (χ0) is 18.1. The molecule has 1 atom stereocenters. The average Bonchev–Trinajstić information content (AvgIpc) is 2.92. The zero-order valence-electron chi connectivity index (χ0n) is 12.0. The predicted octanol–water partition coefficient (Wildman–Crippen LogP) is 2.41. The number of nitrogens with one attached hydrogen (secondary N) is 1. The van der Waals surface area contributed by atoms with Crippen LogP contribution < -0.4 is 11.1 Å². The summed E-state index contributed by atoms with van der Waals surface area (Å²) >= 11 is 0. The van der Waals surface area contributed by atoms with E-state index in [2.05, 4.69) is 20.1 Å². The average molecular weight is 355 g/mol. The number of hydrogen-bond acceptors (Lipinski definition) is 6. The number of rotatable bonds is 4. The van der Waals surface area contributed by atoms with Crippen molar-refractivity contribution in [2.45, 2.75) is 31.7 Å². The number of alkyl halides is 6. The lowest BCUT2D eigenvalue weighted by Crippen LogP contribution is -2.36. The molecule has 2 aromatic heterocycles. The minimum atomic E-state index is -4.69. The molecule has 0 radical (unpaired) electrons. The van der Waals surface area contributed by atoms with Gasteiger partial charge in [-0.05, 0) is 12.5 Å². The lowest BCUT2D eigenvalue weighted by molar-refractivity contribution is -0.143. The molecule has 0 amide bonds. The molecule has 13 heteroatoms. The Morgan fingerprint density at radius 3 is 2.33 bits per heavy atom. The first-order valence-electron chi connectivity index (χ1n) is 6.48. The Balaban J connectivity index is 2.33. The van der Waals surface area contributed by atoms with Crippen LogP contribution in [0.1, 0.15) is 19.0 Å². The van der Waals surface area contributed by atoms with E-state index in [4.69, 9.17) is 5.73 Å². The Morgan fingerprint density at radius 1 is 1.17 bits per heavy atom. The lowest BCUT2D eigenvalue weighted by atomic mass is 10.2. The molecule has 0 aliphatic rings. The van der Waals surface area contributed by atoms with Crippen molar-refractivity contribution in [3.05, 3.63) is 18.0 Å². The summed E-state index contributed by atoms with van der Waals surface area (Å²) in [7, 11) is 0. The van der Waals surface area contributed by atoms with E-state index in [0.717, 1.165) is 6.20 Å². The van der Waals surface area contributed by atoms with Gasteiger partial charge in [-0.25, -0.2) is 4.68 Å². The third kappa shape index (κ3) is 4.02. The van der Waals surface area contributed by atoms with Crippen LogP contribution in [0.4, 0.5) is 38.2 Å².